The third-order valence-electron chi connectivity index (χ3n) is 5.19. The van der Waals surface area contributed by atoms with E-state index >= 15 is 0 Å². The largest absolute Gasteiger partial charge is 0.460 e. The molecule has 170 valence electrons. The predicted molar refractivity (Wildman–Crippen MR) is 121 cm³/mol. The number of aliphatic hydroxyl groups is 1. The molecule has 32 heavy (non-hydrogen) atoms. The molecule has 10 heteroatoms. The number of fused-ring (bicyclic) bond motifs is 1. The highest BCUT2D eigenvalue weighted by atomic mass is 16.5. The summed E-state index contributed by atoms with van der Waals surface area (Å²) in [6.45, 7) is 10.3. The summed E-state index contributed by atoms with van der Waals surface area (Å²) >= 11 is 0. The summed E-state index contributed by atoms with van der Waals surface area (Å²) in [5.41, 5.74) is 3.20. The molecule has 1 saturated heterocycles. The van der Waals surface area contributed by atoms with Crippen LogP contribution in [0.1, 0.15) is 30.9 Å². The summed E-state index contributed by atoms with van der Waals surface area (Å²) in [5, 5.41) is 19.8. The molecular weight excluding hydrogens is 410 g/mol. The Morgan fingerprint density at radius 3 is 2.72 bits per heavy atom. The second-order valence-electron chi connectivity index (χ2n) is 8.54. The summed E-state index contributed by atoms with van der Waals surface area (Å²) in [7, 11) is 0. The van der Waals surface area contributed by atoms with Crippen LogP contribution in [0.4, 0.5) is 11.6 Å². The van der Waals surface area contributed by atoms with Crippen molar-refractivity contribution in [1.29, 1.82) is 0 Å². The minimum Gasteiger partial charge on any atom is -0.460 e. The molecule has 0 bridgehead atoms. The molecule has 0 spiro atoms. The molecule has 2 aromatic heterocycles. The first-order chi connectivity index (χ1) is 15.3. The molecule has 0 atom stereocenters. The number of nitrogens with zero attached hydrogens (tertiary/aromatic N) is 6. The molecule has 0 unspecified atom stereocenters. The number of nitrogens with one attached hydrogen (secondary N) is 1. The summed E-state index contributed by atoms with van der Waals surface area (Å²) < 4.78 is 11.0. The zero-order valence-electron chi connectivity index (χ0n) is 18.9. The molecule has 2 N–H and O–H groups in total. The van der Waals surface area contributed by atoms with Gasteiger partial charge in [0.25, 0.3) is 0 Å². The van der Waals surface area contributed by atoms with Crippen LogP contribution in [0.25, 0.3) is 10.9 Å². The van der Waals surface area contributed by atoms with Crippen LogP contribution in [0.3, 0.4) is 0 Å². The van der Waals surface area contributed by atoms with Gasteiger partial charge in [-0.3, -0.25) is 0 Å². The van der Waals surface area contributed by atoms with Gasteiger partial charge in [0, 0.05) is 29.7 Å². The smallest absolute Gasteiger partial charge is 0.321 e. The molecule has 1 aliphatic rings. The van der Waals surface area contributed by atoms with E-state index in [4.69, 9.17) is 9.47 Å². The van der Waals surface area contributed by atoms with Crippen LogP contribution in [0, 0.1) is 13.8 Å². The normalized spacial score (nSPS) is 15.1. The molecule has 1 fully saturated rings. The van der Waals surface area contributed by atoms with Crippen molar-refractivity contribution < 1.29 is 14.6 Å². The van der Waals surface area contributed by atoms with Gasteiger partial charge < -0.3 is 24.5 Å². The van der Waals surface area contributed by atoms with Crippen molar-refractivity contribution >= 4 is 22.5 Å². The lowest BCUT2D eigenvalue weighted by Crippen LogP contribution is -2.37. The number of morpholine rings is 1. The Morgan fingerprint density at radius 1 is 1.19 bits per heavy atom. The molecule has 3 heterocycles. The lowest BCUT2D eigenvalue weighted by atomic mass is 10.1. The van der Waals surface area contributed by atoms with Crippen molar-refractivity contribution in [2.24, 2.45) is 10.2 Å². The minimum absolute atomic E-state index is 0.0654. The summed E-state index contributed by atoms with van der Waals surface area (Å²) in [6.07, 6.45) is 0. The number of benzene rings is 1. The van der Waals surface area contributed by atoms with Crippen molar-refractivity contribution in [3.63, 3.8) is 0 Å². The van der Waals surface area contributed by atoms with Crippen molar-refractivity contribution in [2.75, 3.05) is 37.8 Å². The molecular formula is C22H29N7O3. The van der Waals surface area contributed by atoms with Gasteiger partial charge >= 0.3 is 6.01 Å². The molecule has 0 aliphatic carbocycles. The van der Waals surface area contributed by atoms with E-state index in [0.29, 0.717) is 38.1 Å². The summed E-state index contributed by atoms with van der Waals surface area (Å²) in [5.74, 6) is 0.963. The van der Waals surface area contributed by atoms with Gasteiger partial charge in [-0.2, -0.15) is 25.2 Å². The number of hydrogen-bond acceptors (Lipinski definition) is 9. The highest BCUT2D eigenvalue weighted by molar-refractivity contribution is 5.86. The molecule has 10 nitrogen and oxygen atoms in total. The minimum atomic E-state index is -1.00. The highest BCUT2D eigenvalue weighted by Crippen LogP contribution is 2.26. The molecule has 4 rings (SSSR count). The van der Waals surface area contributed by atoms with Crippen LogP contribution in [-0.2, 0) is 11.3 Å². The van der Waals surface area contributed by atoms with Gasteiger partial charge in [-0.1, -0.05) is 0 Å². The Bertz CT molecular complexity index is 1110. The number of anilines is 1. The second-order valence-corrected chi connectivity index (χ2v) is 8.54. The number of aromatic amines is 1. The lowest BCUT2D eigenvalue weighted by Gasteiger charge is -2.27. The Labute approximate surface area is 186 Å². The maximum Gasteiger partial charge on any atom is 0.321 e. The maximum absolute atomic E-state index is 9.97. The fraction of sp³-hybridized carbons (Fsp3) is 0.500. The fourth-order valence-corrected chi connectivity index (χ4v) is 3.36. The van der Waals surface area contributed by atoms with Gasteiger partial charge in [0.15, 0.2) is 5.82 Å². The molecule has 1 aliphatic heterocycles. The third-order valence-corrected chi connectivity index (χ3v) is 5.19. The van der Waals surface area contributed by atoms with Crippen LogP contribution in [-0.4, -0.2) is 63.6 Å². The number of azo groups is 1. The number of aryl methyl sites for hydroxylation is 2. The second kappa shape index (κ2) is 9.17. The SMILES string of the molecule is Cc1[nH]c2ccc(N=NCc3nc(OCC(C)(C)O)nc(N4CCOCC4)n3)cc2c1C. The van der Waals surface area contributed by atoms with Gasteiger partial charge in [-0.25, -0.2) is 0 Å². The van der Waals surface area contributed by atoms with Gasteiger partial charge in [0.05, 0.1) is 24.5 Å². The van der Waals surface area contributed by atoms with Crippen LogP contribution < -0.4 is 9.64 Å². The Balaban J connectivity index is 1.54. The fourth-order valence-electron chi connectivity index (χ4n) is 3.36. The van der Waals surface area contributed by atoms with E-state index in [1.54, 1.807) is 13.8 Å². The average Bonchev–Trinajstić information content (AvgIpc) is 3.06. The zero-order valence-corrected chi connectivity index (χ0v) is 18.9. The predicted octanol–water partition coefficient (Wildman–Crippen LogP) is 3.24. The molecule has 3 aromatic rings. The van der Waals surface area contributed by atoms with E-state index in [-0.39, 0.29) is 19.2 Å². The molecule has 0 saturated carbocycles. The van der Waals surface area contributed by atoms with E-state index in [1.807, 2.05) is 23.1 Å². The summed E-state index contributed by atoms with van der Waals surface area (Å²) in [6, 6.07) is 6.10. The Hall–Kier alpha value is -3.11. The van der Waals surface area contributed by atoms with Crippen LogP contribution in [0.15, 0.2) is 28.4 Å². The maximum atomic E-state index is 9.97. The number of hydrogen-bond donors (Lipinski definition) is 2. The van der Waals surface area contributed by atoms with Gasteiger partial charge in [-0.05, 0) is 51.5 Å². The van der Waals surface area contributed by atoms with Gasteiger partial charge in [0.2, 0.25) is 5.95 Å². The monoisotopic (exact) mass is 439 g/mol. The lowest BCUT2D eigenvalue weighted by molar-refractivity contribution is 0.0248. The number of aromatic nitrogens is 4. The third kappa shape index (κ3) is 5.38. The molecule has 0 radical (unpaired) electrons. The number of ether oxygens (including phenoxy) is 2. The number of H-pyrrole nitrogens is 1. The van der Waals surface area contributed by atoms with E-state index in [2.05, 4.69) is 44.0 Å². The van der Waals surface area contributed by atoms with Crippen molar-refractivity contribution in [1.82, 2.24) is 19.9 Å². The average molecular weight is 440 g/mol. The first kappa shape index (κ1) is 22.1. The van der Waals surface area contributed by atoms with Crippen molar-refractivity contribution in [3.05, 3.63) is 35.3 Å². The Kier molecular flexibility index (Phi) is 6.33. The van der Waals surface area contributed by atoms with Crippen LogP contribution in [0.2, 0.25) is 0 Å². The van der Waals surface area contributed by atoms with Crippen molar-refractivity contribution in [2.45, 2.75) is 39.8 Å². The van der Waals surface area contributed by atoms with E-state index in [9.17, 15) is 5.11 Å². The van der Waals surface area contributed by atoms with Crippen molar-refractivity contribution in [3.8, 4) is 6.01 Å². The van der Waals surface area contributed by atoms with E-state index in [1.165, 1.54) is 5.56 Å². The summed E-state index contributed by atoms with van der Waals surface area (Å²) in [4.78, 5) is 18.7. The first-order valence-corrected chi connectivity index (χ1v) is 10.7. The molecule has 0 amide bonds. The van der Waals surface area contributed by atoms with Gasteiger partial charge in [0.1, 0.15) is 13.2 Å². The van der Waals surface area contributed by atoms with E-state index in [0.717, 1.165) is 22.3 Å². The molecule has 1 aromatic carbocycles. The first-order valence-electron chi connectivity index (χ1n) is 10.7. The zero-order chi connectivity index (χ0) is 22.7. The standard InChI is InChI=1S/C22H29N7O3/c1-14-15(2)24-18-6-5-16(11-17(14)18)28-23-12-19-25-20(29-7-9-31-10-8-29)27-21(26-19)32-13-22(3,4)30/h5-6,11,24,30H,7-10,12-13H2,1-4H3. The van der Waals surface area contributed by atoms with E-state index < -0.39 is 5.60 Å². The van der Waals surface area contributed by atoms with Crippen LogP contribution in [0.5, 0.6) is 6.01 Å². The van der Waals surface area contributed by atoms with Crippen LogP contribution >= 0.6 is 0 Å². The quantitative estimate of drug-likeness (QED) is 0.542. The topological polar surface area (TPSA) is 121 Å². The Morgan fingerprint density at radius 2 is 1.97 bits per heavy atom. The highest BCUT2D eigenvalue weighted by Gasteiger charge is 2.19. The van der Waals surface area contributed by atoms with Gasteiger partial charge in [-0.15, -0.1) is 0 Å². The number of rotatable bonds is 7.